The van der Waals surface area contributed by atoms with Gasteiger partial charge in [0, 0.05) is 17.4 Å². The van der Waals surface area contributed by atoms with E-state index >= 15 is 0 Å². The molecule has 0 bridgehead atoms. The number of esters is 2. The van der Waals surface area contributed by atoms with Gasteiger partial charge in [-0.2, -0.15) is 0 Å². The average molecular weight is 328 g/mol. The van der Waals surface area contributed by atoms with E-state index in [9.17, 15) is 9.59 Å². The number of anilines is 2. The summed E-state index contributed by atoms with van der Waals surface area (Å²) in [6.45, 7) is 2.35. The van der Waals surface area contributed by atoms with Crippen LogP contribution in [0.25, 0.3) is 0 Å². The predicted octanol–water partition coefficient (Wildman–Crippen LogP) is 3.03. The minimum atomic E-state index is -0.592. The first kappa shape index (κ1) is 17.3. The molecule has 4 N–H and O–H groups in total. The van der Waals surface area contributed by atoms with E-state index in [0.717, 1.165) is 12.8 Å². The van der Waals surface area contributed by atoms with Gasteiger partial charge in [0.15, 0.2) is 0 Å². The molecule has 0 spiro atoms. The van der Waals surface area contributed by atoms with Gasteiger partial charge < -0.3 is 20.9 Å². The third kappa shape index (κ3) is 4.25. The molecule has 2 aromatic rings. The highest BCUT2D eigenvalue weighted by Gasteiger charge is 2.15. The highest BCUT2D eigenvalue weighted by atomic mass is 16.5. The van der Waals surface area contributed by atoms with Crippen molar-refractivity contribution in [3.05, 3.63) is 53.6 Å². The third-order valence-electron chi connectivity index (χ3n) is 3.37. The van der Waals surface area contributed by atoms with Crippen LogP contribution in [0, 0.1) is 0 Å². The Morgan fingerprint density at radius 3 is 2.33 bits per heavy atom. The van der Waals surface area contributed by atoms with Crippen molar-refractivity contribution in [3.8, 4) is 5.75 Å². The summed E-state index contributed by atoms with van der Waals surface area (Å²) >= 11 is 0. The number of carbonyl (C=O) groups excluding carboxylic acids is 2. The second-order valence-corrected chi connectivity index (χ2v) is 5.22. The van der Waals surface area contributed by atoms with Crippen molar-refractivity contribution in [2.45, 2.75) is 19.8 Å². The molecule has 0 radical (unpaired) electrons. The Morgan fingerprint density at radius 1 is 0.958 bits per heavy atom. The van der Waals surface area contributed by atoms with Gasteiger partial charge in [-0.1, -0.05) is 25.5 Å². The van der Waals surface area contributed by atoms with Crippen molar-refractivity contribution in [2.75, 3.05) is 18.1 Å². The van der Waals surface area contributed by atoms with Crippen LogP contribution in [-0.2, 0) is 4.74 Å². The number of para-hydroxylation sites is 1. The van der Waals surface area contributed by atoms with E-state index in [0.29, 0.717) is 12.3 Å². The van der Waals surface area contributed by atoms with E-state index in [-0.39, 0.29) is 22.6 Å². The van der Waals surface area contributed by atoms with Crippen molar-refractivity contribution in [3.63, 3.8) is 0 Å². The standard InChI is InChI=1S/C18H20N2O4/c1-2-3-10-23-17(21)14-9-8-12(11-16(14)20)24-18(22)13-6-4-5-7-15(13)19/h4-9,11H,2-3,10,19-20H2,1H3. The van der Waals surface area contributed by atoms with Gasteiger partial charge in [0.2, 0.25) is 0 Å². The largest absolute Gasteiger partial charge is 0.462 e. The zero-order valence-electron chi connectivity index (χ0n) is 13.5. The van der Waals surface area contributed by atoms with Gasteiger partial charge in [0.05, 0.1) is 17.7 Å². The second kappa shape index (κ2) is 8.01. The Morgan fingerprint density at radius 2 is 1.67 bits per heavy atom. The summed E-state index contributed by atoms with van der Waals surface area (Å²) in [5.74, 6) is -0.859. The lowest BCUT2D eigenvalue weighted by Crippen LogP contribution is -2.12. The number of carbonyl (C=O) groups is 2. The molecule has 0 atom stereocenters. The molecule has 126 valence electrons. The summed E-state index contributed by atoms with van der Waals surface area (Å²) in [4.78, 5) is 24.0. The van der Waals surface area contributed by atoms with Crippen molar-refractivity contribution in [2.24, 2.45) is 0 Å². The van der Waals surface area contributed by atoms with Crippen LogP contribution in [-0.4, -0.2) is 18.5 Å². The van der Waals surface area contributed by atoms with Gasteiger partial charge >= 0.3 is 11.9 Å². The molecular formula is C18H20N2O4. The molecule has 0 aliphatic heterocycles. The Balaban J connectivity index is 2.08. The predicted molar refractivity (Wildman–Crippen MR) is 91.9 cm³/mol. The Labute approximate surface area is 140 Å². The van der Waals surface area contributed by atoms with E-state index in [1.807, 2.05) is 6.92 Å². The molecule has 6 nitrogen and oxygen atoms in total. The van der Waals surface area contributed by atoms with E-state index in [1.165, 1.54) is 18.2 Å². The smallest absolute Gasteiger partial charge is 0.345 e. The fourth-order valence-electron chi connectivity index (χ4n) is 2.02. The Bertz CT molecular complexity index is 744. The topological polar surface area (TPSA) is 105 Å². The first-order valence-electron chi connectivity index (χ1n) is 7.66. The molecule has 0 fully saturated rings. The minimum absolute atomic E-state index is 0.183. The zero-order valence-corrected chi connectivity index (χ0v) is 13.5. The fourth-order valence-corrected chi connectivity index (χ4v) is 2.02. The number of nitrogen functional groups attached to an aromatic ring is 2. The highest BCUT2D eigenvalue weighted by molar-refractivity contribution is 5.97. The lowest BCUT2D eigenvalue weighted by Gasteiger charge is -2.10. The van der Waals surface area contributed by atoms with Crippen LogP contribution in [0.4, 0.5) is 11.4 Å². The van der Waals surface area contributed by atoms with Gasteiger partial charge in [-0.25, -0.2) is 9.59 Å². The molecule has 0 unspecified atom stereocenters. The van der Waals surface area contributed by atoms with E-state index in [1.54, 1.807) is 24.3 Å². The maximum atomic E-state index is 12.1. The van der Waals surface area contributed by atoms with Crippen molar-refractivity contribution >= 4 is 23.3 Å². The molecule has 0 aliphatic rings. The molecule has 0 heterocycles. The van der Waals surface area contributed by atoms with Gasteiger partial charge in [-0.3, -0.25) is 0 Å². The molecule has 0 saturated carbocycles. The summed E-state index contributed by atoms with van der Waals surface area (Å²) < 4.78 is 10.4. The van der Waals surface area contributed by atoms with E-state index < -0.39 is 11.9 Å². The number of benzene rings is 2. The molecule has 6 heteroatoms. The Kier molecular flexibility index (Phi) is 5.78. The SMILES string of the molecule is CCCCOC(=O)c1ccc(OC(=O)c2ccccc2N)cc1N. The van der Waals surface area contributed by atoms with Crippen molar-refractivity contribution in [1.29, 1.82) is 0 Å². The monoisotopic (exact) mass is 328 g/mol. The second-order valence-electron chi connectivity index (χ2n) is 5.22. The van der Waals surface area contributed by atoms with Gasteiger partial charge in [-0.05, 0) is 30.7 Å². The maximum absolute atomic E-state index is 12.1. The van der Waals surface area contributed by atoms with Crippen LogP contribution in [0.3, 0.4) is 0 Å². The molecule has 0 saturated heterocycles. The summed E-state index contributed by atoms with van der Waals surface area (Å²) in [7, 11) is 0. The molecule has 0 aromatic heterocycles. The van der Waals surface area contributed by atoms with Crippen LogP contribution in [0.1, 0.15) is 40.5 Å². The summed E-state index contributed by atoms with van der Waals surface area (Å²) in [5, 5.41) is 0. The normalized spacial score (nSPS) is 10.2. The van der Waals surface area contributed by atoms with E-state index in [2.05, 4.69) is 0 Å². The Hall–Kier alpha value is -3.02. The minimum Gasteiger partial charge on any atom is -0.462 e. The lowest BCUT2D eigenvalue weighted by atomic mass is 10.1. The maximum Gasteiger partial charge on any atom is 0.345 e. The van der Waals surface area contributed by atoms with Crippen LogP contribution in [0.5, 0.6) is 5.75 Å². The molecule has 24 heavy (non-hydrogen) atoms. The zero-order chi connectivity index (χ0) is 17.5. The number of hydrogen-bond acceptors (Lipinski definition) is 6. The number of nitrogens with two attached hydrogens (primary N) is 2. The first-order chi connectivity index (χ1) is 11.5. The van der Waals surface area contributed by atoms with Crippen LogP contribution in [0.15, 0.2) is 42.5 Å². The molecule has 2 aromatic carbocycles. The van der Waals surface area contributed by atoms with Gasteiger partial charge in [-0.15, -0.1) is 0 Å². The third-order valence-corrected chi connectivity index (χ3v) is 3.37. The average Bonchev–Trinajstić information content (AvgIpc) is 2.55. The van der Waals surface area contributed by atoms with Gasteiger partial charge in [0.1, 0.15) is 5.75 Å². The molecule has 2 rings (SSSR count). The number of rotatable bonds is 6. The number of ether oxygens (including phenoxy) is 2. The highest BCUT2D eigenvalue weighted by Crippen LogP contribution is 2.22. The van der Waals surface area contributed by atoms with Crippen LogP contribution >= 0.6 is 0 Å². The van der Waals surface area contributed by atoms with Gasteiger partial charge in [0.25, 0.3) is 0 Å². The summed E-state index contributed by atoms with van der Waals surface area (Å²) in [6, 6.07) is 11.0. The first-order valence-corrected chi connectivity index (χ1v) is 7.66. The fraction of sp³-hybridized carbons (Fsp3) is 0.222. The van der Waals surface area contributed by atoms with Crippen molar-refractivity contribution < 1.29 is 19.1 Å². The van der Waals surface area contributed by atoms with Crippen LogP contribution in [0.2, 0.25) is 0 Å². The number of hydrogen-bond donors (Lipinski definition) is 2. The molecular weight excluding hydrogens is 308 g/mol. The van der Waals surface area contributed by atoms with Crippen LogP contribution < -0.4 is 16.2 Å². The quantitative estimate of drug-likeness (QED) is 0.365. The lowest BCUT2D eigenvalue weighted by molar-refractivity contribution is 0.0501. The summed E-state index contributed by atoms with van der Waals surface area (Å²) in [5.41, 5.74) is 12.6. The molecule has 0 amide bonds. The molecule has 0 aliphatic carbocycles. The number of unbranched alkanes of at least 4 members (excludes halogenated alkanes) is 1. The summed E-state index contributed by atoms with van der Waals surface area (Å²) in [6.07, 6.45) is 1.72. The van der Waals surface area contributed by atoms with Crippen molar-refractivity contribution in [1.82, 2.24) is 0 Å². The van der Waals surface area contributed by atoms with E-state index in [4.69, 9.17) is 20.9 Å².